The molecule has 1 aliphatic heterocycles. The topological polar surface area (TPSA) is 58.3 Å². The molecule has 6 nitrogen and oxygen atoms in total. The van der Waals surface area contributed by atoms with Crippen molar-refractivity contribution in [2.75, 3.05) is 25.0 Å². The molecule has 27 heavy (non-hydrogen) atoms. The number of piperidine rings is 1. The molecule has 2 aromatic rings. The summed E-state index contributed by atoms with van der Waals surface area (Å²) in [6.45, 7) is 5.21. The zero-order valence-corrected chi connectivity index (χ0v) is 16.6. The normalized spacial score (nSPS) is 21.7. The van der Waals surface area contributed by atoms with Crippen molar-refractivity contribution in [3.8, 4) is 11.4 Å². The fraction of sp³-hybridized carbons (Fsp3) is 0.667. The molecule has 0 bridgehead atoms. The number of pyridine rings is 1. The van der Waals surface area contributed by atoms with Crippen molar-refractivity contribution in [2.45, 2.75) is 64.5 Å². The summed E-state index contributed by atoms with van der Waals surface area (Å²) in [5, 5.41) is 4.17. The second kappa shape index (κ2) is 8.38. The summed E-state index contributed by atoms with van der Waals surface area (Å²) in [4.78, 5) is 14.0. The highest BCUT2D eigenvalue weighted by atomic mass is 16.5. The molecule has 6 heteroatoms. The van der Waals surface area contributed by atoms with Crippen LogP contribution in [0.2, 0.25) is 0 Å². The average Bonchev–Trinajstić information content (AvgIpc) is 3.17. The Kier molecular flexibility index (Phi) is 5.72. The third-order valence-corrected chi connectivity index (χ3v) is 6.04. The van der Waals surface area contributed by atoms with Gasteiger partial charge in [-0.1, -0.05) is 31.3 Å². The lowest BCUT2D eigenvalue weighted by Gasteiger charge is -2.31. The maximum Gasteiger partial charge on any atom is 0.241 e. The first-order chi connectivity index (χ1) is 13.2. The van der Waals surface area contributed by atoms with Gasteiger partial charge in [0.05, 0.1) is 6.54 Å². The number of anilines is 1. The molecule has 146 valence electrons. The lowest BCUT2D eigenvalue weighted by Crippen LogP contribution is -2.34. The number of rotatable bonds is 5. The van der Waals surface area contributed by atoms with E-state index in [1.54, 1.807) is 0 Å². The van der Waals surface area contributed by atoms with Crippen LogP contribution in [0.4, 0.5) is 5.82 Å². The molecule has 1 atom stereocenters. The van der Waals surface area contributed by atoms with Crippen LogP contribution < -0.4 is 4.90 Å². The molecule has 2 aliphatic rings. The van der Waals surface area contributed by atoms with E-state index in [1.165, 1.54) is 44.9 Å². The molecule has 2 fully saturated rings. The van der Waals surface area contributed by atoms with E-state index in [9.17, 15) is 0 Å². The van der Waals surface area contributed by atoms with E-state index in [0.717, 1.165) is 36.9 Å². The second-order valence-electron chi connectivity index (χ2n) is 8.32. The van der Waals surface area contributed by atoms with Crippen molar-refractivity contribution in [3.05, 3.63) is 24.2 Å². The average molecular weight is 370 g/mol. The van der Waals surface area contributed by atoms with Crippen molar-refractivity contribution >= 4 is 5.82 Å². The van der Waals surface area contributed by atoms with Crippen LogP contribution in [0.3, 0.4) is 0 Å². The minimum Gasteiger partial charge on any atom is -0.356 e. The SMILES string of the molecule is CC1CCCN(c2ccc(-c3noc(CN(C)C4CCCCC4)n3)cn2)C1. The molecule has 1 saturated carbocycles. The Hall–Kier alpha value is -1.95. The predicted molar refractivity (Wildman–Crippen MR) is 106 cm³/mol. The van der Waals surface area contributed by atoms with Gasteiger partial charge in [-0.15, -0.1) is 0 Å². The lowest BCUT2D eigenvalue weighted by molar-refractivity contribution is 0.165. The molecular weight excluding hydrogens is 338 g/mol. The Morgan fingerprint density at radius 3 is 2.74 bits per heavy atom. The van der Waals surface area contributed by atoms with Crippen LogP contribution in [0.1, 0.15) is 57.8 Å². The fourth-order valence-electron chi connectivity index (χ4n) is 4.40. The highest BCUT2D eigenvalue weighted by molar-refractivity contribution is 5.55. The van der Waals surface area contributed by atoms with Crippen LogP contribution >= 0.6 is 0 Å². The Balaban J connectivity index is 1.39. The van der Waals surface area contributed by atoms with Crippen molar-refractivity contribution in [1.82, 2.24) is 20.0 Å². The molecule has 2 aromatic heterocycles. The minimum atomic E-state index is 0.633. The summed E-state index contributed by atoms with van der Waals surface area (Å²) in [5.74, 6) is 3.10. The van der Waals surface area contributed by atoms with Gasteiger partial charge in [-0.3, -0.25) is 4.90 Å². The smallest absolute Gasteiger partial charge is 0.241 e. The Bertz CT molecular complexity index is 722. The highest BCUT2D eigenvalue weighted by Crippen LogP contribution is 2.25. The van der Waals surface area contributed by atoms with Gasteiger partial charge in [-0.05, 0) is 50.8 Å². The van der Waals surface area contributed by atoms with Crippen molar-refractivity contribution in [3.63, 3.8) is 0 Å². The van der Waals surface area contributed by atoms with Gasteiger partial charge >= 0.3 is 0 Å². The van der Waals surface area contributed by atoms with Gasteiger partial charge in [-0.25, -0.2) is 4.98 Å². The Morgan fingerprint density at radius 2 is 2.00 bits per heavy atom. The number of hydrogen-bond acceptors (Lipinski definition) is 6. The lowest BCUT2D eigenvalue weighted by atomic mass is 9.94. The number of aromatic nitrogens is 3. The Morgan fingerprint density at radius 1 is 1.15 bits per heavy atom. The molecule has 1 unspecified atom stereocenters. The standard InChI is InChI=1S/C21H31N5O/c1-16-7-6-12-26(14-16)19-11-10-17(13-22-19)21-23-20(27-24-21)15-25(2)18-8-4-3-5-9-18/h10-11,13,16,18H,3-9,12,14-15H2,1-2H3. The van der Waals surface area contributed by atoms with Crippen LogP contribution in [0.25, 0.3) is 11.4 Å². The van der Waals surface area contributed by atoms with Crippen LogP contribution in [0.5, 0.6) is 0 Å². The third kappa shape index (κ3) is 4.49. The van der Waals surface area contributed by atoms with Gasteiger partial charge in [0, 0.05) is 30.9 Å². The molecule has 3 heterocycles. The minimum absolute atomic E-state index is 0.633. The van der Waals surface area contributed by atoms with Crippen molar-refractivity contribution in [1.29, 1.82) is 0 Å². The Labute approximate surface area is 162 Å². The fourth-order valence-corrected chi connectivity index (χ4v) is 4.40. The quantitative estimate of drug-likeness (QED) is 0.790. The number of nitrogens with zero attached hydrogens (tertiary/aromatic N) is 5. The van der Waals surface area contributed by atoms with Gasteiger partial charge in [0.1, 0.15) is 5.82 Å². The predicted octanol–water partition coefficient (Wildman–Crippen LogP) is 4.13. The molecule has 1 aliphatic carbocycles. The van der Waals surface area contributed by atoms with Crippen LogP contribution in [-0.2, 0) is 6.54 Å². The van der Waals surface area contributed by atoms with Crippen LogP contribution in [-0.4, -0.2) is 46.2 Å². The van der Waals surface area contributed by atoms with Crippen LogP contribution in [0.15, 0.2) is 22.9 Å². The van der Waals surface area contributed by atoms with Gasteiger partial charge in [0.15, 0.2) is 0 Å². The molecule has 0 aromatic carbocycles. The molecule has 0 spiro atoms. The zero-order chi connectivity index (χ0) is 18.6. The molecule has 0 radical (unpaired) electrons. The maximum atomic E-state index is 5.50. The van der Waals surface area contributed by atoms with E-state index in [4.69, 9.17) is 4.52 Å². The van der Waals surface area contributed by atoms with Gasteiger partial charge < -0.3 is 9.42 Å². The summed E-state index contributed by atoms with van der Waals surface area (Å²) in [5.41, 5.74) is 0.916. The molecule has 0 N–H and O–H groups in total. The van der Waals surface area contributed by atoms with E-state index in [0.29, 0.717) is 17.8 Å². The summed E-state index contributed by atoms with van der Waals surface area (Å²) in [6.07, 6.45) is 11.0. The third-order valence-electron chi connectivity index (χ3n) is 6.04. The molecule has 4 rings (SSSR count). The van der Waals surface area contributed by atoms with E-state index >= 15 is 0 Å². The summed E-state index contributed by atoms with van der Waals surface area (Å²) >= 11 is 0. The highest BCUT2D eigenvalue weighted by Gasteiger charge is 2.21. The first-order valence-electron chi connectivity index (χ1n) is 10.4. The molecule has 1 saturated heterocycles. The van der Waals surface area contributed by atoms with Gasteiger partial charge in [0.2, 0.25) is 11.7 Å². The zero-order valence-electron chi connectivity index (χ0n) is 16.6. The van der Waals surface area contributed by atoms with Gasteiger partial charge in [0.25, 0.3) is 0 Å². The van der Waals surface area contributed by atoms with E-state index in [-0.39, 0.29) is 0 Å². The second-order valence-corrected chi connectivity index (χ2v) is 8.32. The first kappa shape index (κ1) is 18.4. The van der Waals surface area contributed by atoms with E-state index in [2.05, 4.69) is 51.0 Å². The van der Waals surface area contributed by atoms with E-state index in [1.807, 2.05) is 6.20 Å². The molecule has 0 amide bonds. The van der Waals surface area contributed by atoms with E-state index < -0.39 is 0 Å². The summed E-state index contributed by atoms with van der Waals surface area (Å²) in [7, 11) is 2.16. The van der Waals surface area contributed by atoms with Gasteiger partial charge in [-0.2, -0.15) is 4.98 Å². The van der Waals surface area contributed by atoms with Crippen molar-refractivity contribution < 1.29 is 4.52 Å². The monoisotopic (exact) mass is 369 g/mol. The maximum absolute atomic E-state index is 5.50. The largest absolute Gasteiger partial charge is 0.356 e. The van der Waals surface area contributed by atoms with Crippen LogP contribution in [0, 0.1) is 5.92 Å². The number of hydrogen-bond donors (Lipinski definition) is 0. The van der Waals surface area contributed by atoms with Crippen molar-refractivity contribution in [2.24, 2.45) is 5.92 Å². The molecular formula is C21H31N5O. The summed E-state index contributed by atoms with van der Waals surface area (Å²) in [6, 6.07) is 4.78. The summed E-state index contributed by atoms with van der Waals surface area (Å²) < 4.78 is 5.50. The first-order valence-corrected chi connectivity index (χ1v) is 10.4.